The number of likely N-dealkylation sites (tertiary alicyclic amines) is 1. The summed E-state index contributed by atoms with van der Waals surface area (Å²) in [6.07, 6.45) is 2.74. The zero-order chi connectivity index (χ0) is 13.5. The first-order valence-corrected chi connectivity index (χ1v) is 7.80. The van der Waals surface area contributed by atoms with Crippen LogP contribution < -0.4 is 5.73 Å². The molecule has 0 saturated carbocycles. The van der Waals surface area contributed by atoms with Crippen LogP contribution in [0.25, 0.3) is 0 Å². The minimum Gasteiger partial charge on any atom is -0.378 e. The van der Waals surface area contributed by atoms with Gasteiger partial charge in [0.2, 0.25) is 0 Å². The van der Waals surface area contributed by atoms with Gasteiger partial charge in [-0.05, 0) is 31.2 Å². The number of nitrogens with zero attached hydrogens (tertiary/aromatic N) is 1. The molecule has 19 heavy (non-hydrogen) atoms. The number of piperidine rings is 1. The van der Waals surface area contributed by atoms with E-state index in [4.69, 9.17) is 10.5 Å². The Morgan fingerprint density at radius 1 is 1.47 bits per heavy atom. The molecule has 3 nitrogen and oxygen atoms in total. The monoisotopic (exact) mass is 278 g/mol. The summed E-state index contributed by atoms with van der Waals surface area (Å²) in [5, 5.41) is 2.11. The fourth-order valence-electron chi connectivity index (χ4n) is 2.39. The maximum Gasteiger partial charge on any atom is 0.0599 e. The second-order valence-corrected chi connectivity index (χ2v) is 5.69. The predicted molar refractivity (Wildman–Crippen MR) is 80.2 cm³/mol. The van der Waals surface area contributed by atoms with Crippen LogP contribution in [0, 0.1) is 11.8 Å². The molecule has 2 N–H and O–H groups in total. The lowest BCUT2D eigenvalue weighted by atomic mass is 10.1. The van der Waals surface area contributed by atoms with E-state index in [0.717, 1.165) is 44.6 Å². The predicted octanol–water partition coefficient (Wildman–Crippen LogP) is 2.06. The molecule has 0 atom stereocenters. The van der Waals surface area contributed by atoms with Crippen molar-refractivity contribution in [3.05, 3.63) is 21.9 Å². The lowest BCUT2D eigenvalue weighted by molar-refractivity contribution is 0.0127. The molecule has 1 aliphatic heterocycles. The molecule has 0 unspecified atom stereocenters. The van der Waals surface area contributed by atoms with Crippen LogP contribution in [-0.4, -0.2) is 37.2 Å². The van der Waals surface area contributed by atoms with Gasteiger partial charge in [-0.15, -0.1) is 11.3 Å². The third-order valence-electron chi connectivity index (χ3n) is 3.37. The van der Waals surface area contributed by atoms with Gasteiger partial charge in [-0.2, -0.15) is 0 Å². The Bertz CT molecular complexity index is 438. The number of hydrogen-bond acceptors (Lipinski definition) is 4. The van der Waals surface area contributed by atoms with Crippen molar-refractivity contribution < 1.29 is 4.74 Å². The summed E-state index contributed by atoms with van der Waals surface area (Å²) in [5.74, 6) is 6.09. The van der Waals surface area contributed by atoms with Gasteiger partial charge < -0.3 is 10.5 Å². The Morgan fingerprint density at radius 3 is 2.95 bits per heavy atom. The molecule has 0 aromatic carbocycles. The summed E-state index contributed by atoms with van der Waals surface area (Å²) in [6, 6.07) is 2.09. The maximum absolute atomic E-state index is 5.68. The van der Waals surface area contributed by atoms with Crippen molar-refractivity contribution in [1.29, 1.82) is 0 Å². The van der Waals surface area contributed by atoms with E-state index in [-0.39, 0.29) is 0 Å². The average molecular weight is 278 g/mol. The highest BCUT2D eigenvalue weighted by Gasteiger charge is 2.20. The van der Waals surface area contributed by atoms with Gasteiger partial charge >= 0.3 is 0 Å². The molecule has 1 aromatic rings. The zero-order valence-corrected chi connectivity index (χ0v) is 12.3. The summed E-state index contributed by atoms with van der Waals surface area (Å²) < 4.78 is 5.68. The number of nitrogens with two attached hydrogens (primary N) is 1. The quantitative estimate of drug-likeness (QED) is 0.857. The Kier molecular flexibility index (Phi) is 5.87. The van der Waals surface area contributed by atoms with E-state index in [2.05, 4.69) is 35.1 Å². The van der Waals surface area contributed by atoms with Gasteiger partial charge in [-0.25, -0.2) is 0 Å². The van der Waals surface area contributed by atoms with Gasteiger partial charge in [0.1, 0.15) is 0 Å². The second-order valence-electron chi connectivity index (χ2n) is 4.69. The van der Waals surface area contributed by atoms with E-state index in [9.17, 15) is 0 Å². The molecular weight excluding hydrogens is 256 g/mol. The van der Waals surface area contributed by atoms with Crippen LogP contribution in [0.2, 0.25) is 0 Å². The van der Waals surface area contributed by atoms with Gasteiger partial charge in [0.25, 0.3) is 0 Å². The molecule has 0 aliphatic carbocycles. The molecule has 1 aliphatic rings. The van der Waals surface area contributed by atoms with E-state index < -0.39 is 0 Å². The molecule has 0 spiro atoms. The third-order valence-corrected chi connectivity index (χ3v) is 4.28. The summed E-state index contributed by atoms with van der Waals surface area (Å²) in [4.78, 5) is 3.85. The Balaban J connectivity index is 1.87. The molecule has 1 saturated heterocycles. The average Bonchev–Trinajstić information content (AvgIpc) is 2.86. The molecule has 104 valence electrons. The lowest BCUT2D eigenvalue weighted by Crippen LogP contribution is -2.36. The summed E-state index contributed by atoms with van der Waals surface area (Å²) in [7, 11) is 0. The first-order chi connectivity index (χ1) is 9.33. The molecule has 1 aromatic heterocycles. The molecule has 2 rings (SSSR count). The molecule has 1 fully saturated rings. The highest BCUT2D eigenvalue weighted by molar-refractivity contribution is 7.10. The SMILES string of the molecule is CCOC1CCN(Cc2sccc2C#CCN)CC1. The standard InChI is InChI=1S/C15H22N2OS/c1-2-18-14-5-9-17(10-6-14)12-15-13(4-3-8-16)7-11-19-15/h7,11,14H,2,5-6,8-10,12,16H2,1H3. The van der Waals surface area contributed by atoms with Crippen LogP contribution in [0.4, 0.5) is 0 Å². The lowest BCUT2D eigenvalue weighted by Gasteiger charge is -2.31. The van der Waals surface area contributed by atoms with Crippen LogP contribution >= 0.6 is 11.3 Å². The van der Waals surface area contributed by atoms with E-state index in [1.165, 1.54) is 4.88 Å². The van der Waals surface area contributed by atoms with Crippen molar-refractivity contribution in [3.63, 3.8) is 0 Å². The van der Waals surface area contributed by atoms with Crippen LogP contribution in [0.5, 0.6) is 0 Å². The molecule has 4 heteroatoms. The molecule has 2 heterocycles. The van der Waals surface area contributed by atoms with Crippen molar-refractivity contribution in [2.24, 2.45) is 5.73 Å². The summed E-state index contributed by atoms with van der Waals surface area (Å²) in [5.41, 5.74) is 6.57. The molecule has 0 amide bonds. The highest BCUT2D eigenvalue weighted by atomic mass is 32.1. The molecule has 0 bridgehead atoms. The van der Waals surface area contributed by atoms with Crippen LogP contribution in [0.15, 0.2) is 11.4 Å². The van der Waals surface area contributed by atoms with Gasteiger partial charge in [-0.1, -0.05) is 11.8 Å². The Morgan fingerprint density at radius 2 is 2.26 bits per heavy atom. The van der Waals surface area contributed by atoms with Crippen LogP contribution in [-0.2, 0) is 11.3 Å². The van der Waals surface area contributed by atoms with Gasteiger partial charge in [0.15, 0.2) is 0 Å². The van der Waals surface area contributed by atoms with Crippen LogP contribution in [0.1, 0.15) is 30.2 Å². The summed E-state index contributed by atoms with van der Waals surface area (Å²) >= 11 is 1.79. The van der Waals surface area contributed by atoms with Crippen molar-refractivity contribution in [3.8, 4) is 11.8 Å². The molecular formula is C15H22N2OS. The van der Waals surface area contributed by atoms with E-state index in [1.807, 2.05) is 0 Å². The minimum absolute atomic E-state index is 0.426. The molecule has 0 radical (unpaired) electrons. The van der Waals surface area contributed by atoms with Crippen molar-refractivity contribution in [2.75, 3.05) is 26.2 Å². The van der Waals surface area contributed by atoms with Gasteiger partial charge in [0.05, 0.1) is 12.6 Å². The Hall–Kier alpha value is -0.860. The number of rotatable bonds is 4. The van der Waals surface area contributed by atoms with Crippen molar-refractivity contribution in [2.45, 2.75) is 32.4 Å². The first kappa shape index (κ1) is 14.5. The zero-order valence-electron chi connectivity index (χ0n) is 11.5. The van der Waals surface area contributed by atoms with Crippen molar-refractivity contribution >= 4 is 11.3 Å². The first-order valence-electron chi connectivity index (χ1n) is 6.92. The smallest absolute Gasteiger partial charge is 0.0599 e. The number of thiophene rings is 1. The largest absolute Gasteiger partial charge is 0.378 e. The maximum atomic E-state index is 5.68. The topological polar surface area (TPSA) is 38.5 Å². The van der Waals surface area contributed by atoms with Gasteiger partial charge in [-0.3, -0.25) is 4.90 Å². The van der Waals surface area contributed by atoms with Crippen LogP contribution in [0.3, 0.4) is 0 Å². The number of hydrogen-bond donors (Lipinski definition) is 1. The fourth-order valence-corrected chi connectivity index (χ4v) is 3.27. The van der Waals surface area contributed by atoms with Gasteiger partial charge in [0, 0.05) is 36.7 Å². The fraction of sp³-hybridized carbons (Fsp3) is 0.600. The Labute approximate surface area is 119 Å². The van der Waals surface area contributed by atoms with E-state index in [0.29, 0.717) is 12.6 Å². The van der Waals surface area contributed by atoms with Crippen molar-refractivity contribution in [1.82, 2.24) is 4.90 Å². The number of ether oxygens (including phenoxy) is 1. The van der Waals surface area contributed by atoms with E-state index >= 15 is 0 Å². The summed E-state index contributed by atoms with van der Waals surface area (Å²) in [6.45, 7) is 6.56. The minimum atomic E-state index is 0.426. The highest BCUT2D eigenvalue weighted by Crippen LogP contribution is 2.21. The van der Waals surface area contributed by atoms with E-state index in [1.54, 1.807) is 11.3 Å². The normalized spacial score (nSPS) is 17.2. The second kappa shape index (κ2) is 7.66. The third kappa shape index (κ3) is 4.32.